The number of ether oxygens (including phenoxy) is 2. The van der Waals surface area contributed by atoms with Crippen LogP contribution in [0.15, 0.2) is 30.3 Å². The van der Waals surface area contributed by atoms with E-state index in [4.69, 9.17) is 9.47 Å². The van der Waals surface area contributed by atoms with Crippen molar-refractivity contribution >= 4 is 17.9 Å². The highest BCUT2D eigenvalue weighted by atomic mass is 16.6. The Morgan fingerprint density at radius 1 is 1.09 bits per heavy atom. The Morgan fingerprint density at radius 2 is 1.83 bits per heavy atom. The number of carbonyl (C=O) groups is 3. The molecule has 5 atom stereocenters. The summed E-state index contributed by atoms with van der Waals surface area (Å²) in [6.45, 7) is 0. The van der Waals surface area contributed by atoms with Crippen molar-refractivity contribution in [2.24, 2.45) is 17.3 Å². The molecule has 2 aliphatic heterocycles. The molecule has 3 aliphatic rings. The van der Waals surface area contributed by atoms with Crippen molar-refractivity contribution in [1.29, 1.82) is 0 Å². The summed E-state index contributed by atoms with van der Waals surface area (Å²) in [6.07, 6.45) is -0.651. The lowest BCUT2D eigenvalue weighted by molar-refractivity contribution is -0.157. The van der Waals surface area contributed by atoms with Crippen LogP contribution in [0.25, 0.3) is 0 Å². The van der Waals surface area contributed by atoms with Crippen molar-refractivity contribution in [1.82, 2.24) is 0 Å². The highest BCUT2D eigenvalue weighted by molar-refractivity contribution is 5.97. The third-order valence-electron chi connectivity index (χ3n) is 5.36. The van der Waals surface area contributed by atoms with Gasteiger partial charge in [-0.1, -0.05) is 30.3 Å². The molecule has 0 aromatic heterocycles. The first-order valence-corrected chi connectivity index (χ1v) is 7.69. The number of cyclic esters (lactones) is 3. The zero-order valence-electron chi connectivity index (χ0n) is 12.3. The standard InChI is InChI=1S/C17H16O6/c18-12-8-17(16(21)22-12)6-10(9-4-2-1-3-5-9)13-11(7-17)14(19)23-15(13)20/h1-5,10-11,13-14,19H,6-8H2. The van der Waals surface area contributed by atoms with Gasteiger partial charge in [-0.2, -0.15) is 0 Å². The molecule has 2 heterocycles. The summed E-state index contributed by atoms with van der Waals surface area (Å²) in [7, 11) is 0. The normalized spacial score (nSPS) is 39.3. The Labute approximate surface area is 132 Å². The van der Waals surface area contributed by atoms with Crippen LogP contribution in [0.4, 0.5) is 0 Å². The van der Waals surface area contributed by atoms with Crippen molar-refractivity contribution in [3.05, 3.63) is 35.9 Å². The molecule has 3 fully saturated rings. The van der Waals surface area contributed by atoms with Gasteiger partial charge in [0.1, 0.15) is 0 Å². The number of esters is 3. The monoisotopic (exact) mass is 316 g/mol. The van der Waals surface area contributed by atoms with E-state index in [1.807, 2.05) is 30.3 Å². The molecule has 1 spiro atoms. The first kappa shape index (κ1) is 14.4. The lowest BCUT2D eigenvalue weighted by Crippen LogP contribution is -2.43. The number of fused-ring (bicyclic) bond motifs is 1. The van der Waals surface area contributed by atoms with Crippen molar-refractivity contribution in [3.63, 3.8) is 0 Å². The van der Waals surface area contributed by atoms with E-state index in [-0.39, 0.29) is 18.8 Å². The number of hydrogen-bond donors (Lipinski definition) is 1. The summed E-state index contributed by atoms with van der Waals surface area (Å²) in [6, 6.07) is 9.37. The van der Waals surface area contributed by atoms with E-state index in [9.17, 15) is 19.5 Å². The topological polar surface area (TPSA) is 89.9 Å². The Morgan fingerprint density at radius 3 is 2.48 bits per heavy atom. The second-order valence-corrected chi connectivity index (χ2v) is 6.66. The van der Waals surface area contributed by atoms with Gasteiger partial charge in [0.25, 0.3) is 0 Å². The van der Waals surface area contributed by atoms with Crippen LogP contribution >= 0.6 is 0 Å². The minimum Gasteiger partial charge on any atom is -0.435 e. The van der Waals surface area contributed by atoms with Gasteiger partial charge in [-0.05, 0) is 24.3 Å². The molecule has 0 amide bonds. The largest absolute Gasteiger partial charge is 0.435 e. The van der Waals surface area contributed by atoms with Crippen molar-refractivity contribution in [2.75, 3.05) is 0 Å². The van der Waals surface area contributed by atoms with Crippen LogP contribution in [-0.4, -0.2) is 29.3 Å². The fraction of sp³-hybridized carbons (Fsp3) is 0.471. The van der Waals surface area contributed by atoms with E-state index in [2.05, 4.69) is 0 Å². The SMILES string of the molecule is O=C1CC2(CC(c3ccccc3)C3C(=O)OC(O)C3C2)C(=O)O1. The van der Waals surface area contributed by atoms with E-state index in [0.29, 0.717) is 6.42 Å². The predicted molar refractivity (Wildman–Crippen MR) is 75.6 cm³/mol. The summed E-state index contributed by atoms with van der Waals surface area (Å²) in [5.41, 5.74) is -0.0620. The fourth-order valence-electron chi connectivity index (χ4n) is 4.34. The van der Waals surface area contributed by atoms with Crippen LogP contribution in [0, 0.1) is 17.3 Å². The van der Waals surface area contributed by atoms with Gasteiger partial charge in [0.05, 0.1) is 17.8 Å². The van der Waals surface area contributed by atoms with E-state index >= 15 is 0 Å². The zero-order valence-corrected chi connectivity index (χ0v) is 12.3. The number of carbonyl (C=O) groups excluding carboxylic acids is 3. The highest BCUT2D eigenvalue weighted by Gasteiger charge is 2.62. The van der Waals surface area contributed by atoms with E-state index in [1.54, 1.807) is 0 Å². The van der Waals surface area contributed by atoms with Gasteiger partial charge in [-0.3, -0.25) is 14.4 Å². The zero-order chi connectivity index (χ0) is 16.2. The molecule has 1 aliphatic carbocycles. The molecule has 23 heavy (non-hydrogen) atoms. The van der Waals surface area contributed by atoms with Crippen LogP contribution < -0.4 is 0 Å². The molecular formula is C17H16O6. The third-order valence-corrected chi connectivity index (χ3v) is 5.36. The van der Waals surface area contributed by atoms with Crippen LogP contribution in [0.5, 0.6) is 0 Å². The lowest BCUT2D eigenvalue weighted by atomic mass is 9.59. The Bertz CT molecular complexity index is 684. The lowest BCUT2D eigenvalue weighted by Gasteiger charge is -2.40. The first-order valence-electron chi connectivity index (χ1n) is 7.69. The Kier molecular flexibility index (Phi) is 3.06. The highest BCUT2D eigenvalue weighted by Crippen LogP contribution is 2.57. The number of hydrogen-bond acceptors (Lipinski definition) is 6. The van der Waals surface area contributed by atoms with Crippen LogP contribution in [0.3, 0.4) is 0 Å². The smallest absolute Gasteiger partial charge is 0.320 e. The average molecular weight is 316 g/mol. The third kappa shape index (κ3) is 2.09. The van der Waals surface area contributed by atoms with Gasteiger partial charge >= 0.3 is 17.9 Å². The molecule has 1 saturated carbocycles. The summed E-state index contributed by atoms with van der Waals surface area (Å²) in [5, 5.41) is 10.1. The maximum Gasteiger partial charge on any atom is 0.320 e. The van der Waals surface area contributed by atoms with E-state index in [0.717, 1.165) is 5.56 Å². The molecule has 0 radical (unpaired) electrons. The van der Waals surface area contributed by atoms with Gasteiger partial charge in [0.15, 0.2) is 0 Å². The molecule has 1 aromatic rings. The van der Waals surface area contributed by atoms with Gasteiger partial charge in [-0.15, -0.1) is 0 Å². The van der Waals surface area contributed by atoms with E-state index in [1.165, 1.54) is 0 Å². The van der Waals surface area contributed by atoms with Gasteiger partial charge in [0.2, 0.25) is 6.29 Å². The van der Waals surface area contributed by atoms with Crippen LogP contribution in [0.1, 0.15) is 30.7 Å². The molecule has 4 rings (SSSR count). The molecule has 6 nitrogen and oxygen atoms in total. The Hall–Kier alpha value is -2.21. The molecular weight excluding hydrogens is 300 g/mol. The van der Waals surface area contributed by atoms with Crippen LogP contribution in [0.2, 0.25) is 0 Å². The van der Waals surface area contributed by atoms with Crippen molar-refractivity contribution in [2.45, 2.75) is 31.5 Å². The van der Waals surface area contributed by atoms with Gasteiger partial charge in [0, 0.05) is 5.92 Å². The van der Waals surface area contributed by atoms with Gasteiger partial charge < -0.3 is 14.6 Å². The van der Waals surface area contributed by atoms with Crippen molar-refractivity contribution < 1.29 is 29.0 Å². The summed E-state index contributed by atoms with van der Waals surface area (Å²) in [4.78, 5) is 36.1. The summed E-state index contributed by atoms with van der Waals surface area (Å²) >= 11 is 0. The quantitative estimate of drug-likeness (QED) is 0.617. The minimum atomic E-state index is -1.24. The number of rotatable bonds is 1. The average Bonchev–Trinajstić information content (AvgIpc) is 2.96. The molecule has 1 aromatic carbocycles. The second-order valence-electron chi connectivity index (χ2n) is 6.66. The molecule has 6 heteroatoms. The second kappa shape index (κ2) is 4.89. The number of aliphatic hydroxyl groups excluding tert-OH is 1. The summed E-state index contributed by atoms with van der Waals surface area (Å²) < 4.78 is 9.77. The number of aliphatic hydroxyl groups is 1. The van der Waals surface area contributed by atoms with Gasteiger partial charge in [-0.25, -0.2) is 0 Å². The Balaban J connectivity index is 1.78. The molecule has 2 saturated heterocycles. The maximum atomic E-state index is 12.3. The van der Waals surface area contributed by atoms with Crippen molar-refractivity contribution in [3.8, 4) is 0 Å². The molecule has 1 N–H and O–H groups in total. The first-order chi connectivity index (χ1) is 11.0. The molecule has 0 bridgehead atoms. The predicted octanol–water partition coefficient (Wildman–Crippen LogP) is 1.13. The summed E-state index contributed by atoms with van der Waals surface area (Å²) in [5.74, 6) is -2.81. The molecule has 5 unspecified atom stereocenters. The maximum absolute atomic E-state index is 12.3. The molecule has 120 valence electrons. The minimum absolute atomic E-state index is 0.000697. The van der Waals surface area contributed by atoms with Crippen LogP contribution in [-0.2, 0) is 23.9 Å². The number of benzene rings is 1. The fourth-order valence-corrected chi connectivity index (χ4v) is 4.34. The van der Waals surface area contributed by atoms with E-state index < -0.39 is 41.4 Å².